The molecule has 0 unspecified atom stereocenters. The Labute approximate surface area is 102 Å². The Balaban J connectivity index is 2.36. The van der Waals surface area contributed by atoms with E-state index in [1.54, 1.807) is 18.2 Å². The number of benzene rings is 1. The molecule has 1 aromatic carbocycles. The molecule has 6 nitrogen and oxygen atoms in total. The van der Waals surface area contributed by atoms with Crippen molar-refractivity contribution in [1.82, 2.24) is 5.16 Å². The quantitative estimate of drug-likeness (QED) is 0.664. The first kappa shape index (κ1) is 11.8. The molecule has 0 amide bonds. The molecular formula is C12H10N2O4. The molecule has 0 bridgehead atoms. The van der Waals surface area contributed by atoms with E-state index >= 15 is 0 Å². The van der Waals surface area contributed by atoms with Gasteiger partial charge in [-0.05, 0) is 25.1 Å². The second kappa shape index (κ2) is 4.70. The minimum absolute atomic E-state index is 0.0563. The SMILES string of the molecule is Cc1noc(C=Cc2ccccc2O)c1[N+](=O)[O-]. The zero-order valence-electron chi connectivity index (χ0n) is 9.53. The summed E-state index contributed by atoms with van der Waals surface area (Å²) >= 11 is 0. The number of rotatable bonds is 3. The average molecular weight is 246 g/mol. The number of nitro groups is 1. The fourth-order valence-corrected chi connectivity index (χ4v) is 1.51. The predicted octanol–water partition coefficient (Wildman–Crippen LogP) is 2.77. The van der Waals surface area contributed by atoms with Gasteiger partial charge < -0.3 is 9.63 Å². The predicted molar refractivity (Wildman–Crippen MR) is 64.9 cm³/mol. The standard InChI is InChI=1S/C12H10N2O4/c1-8-12(14(16)17)11(18-13-8)7-6-9-4-2-3-5-10(9)15/h2-7,15H,1H3. The van der Waals surface area contributed by atoms with Gasteiger partial charge in [-0.1, -0.05) is 23.4 Å². The summed E-state index contributed by atoms with van der Waals surface area (Å²) in [6.07, 6.45) is 2.94. The molecule has 0 fully saturated rings. The van der Waals surface area contributed by atoms with Gasteiger partial charge >= 0.3 is 5.69 Å². The van der Waals surface area contributed by atoms with Crippen LogP contribution in [0.15, 0.2) is 28.8 Å². The van der Waals surface area contributed by atoms with Crippen molar-refractivity contribution in [2.24, 2.45) is 0 Å². The Morgan fingerprint density at radius 2 is 2.11 bits per heavy atom. The van der Waals surface area contributed by atoms with Crippen molar-refractivity contribution in [2.45, 2.75) is 6.92 Å². The first-order chi connectivity index (χ1) is 8.59. The van der Waals surface area contributed by atoms with Crippen LogP contribution in [0, 0.1) is 17.0 Å². The number of aromatic nitrogens is 1. The van der Waals surface area contributed by atoms with E-state index in [1.807, 2.05) is 0 Å². The lowest BCUT2D eigenvalue weighted by molar-refractivity contribution is -0.386. The van der Waals surface area contributed by atoms with E-state index in [1.165, 1.54) is 25.1 Å². The summed E-state index contributed by atoms with van der Waals surface area (Å²) in [5.74, 6) is 0.147. The molecule has 0 saturated heterocycles. The molecule has 6 heteroatoms. The molecule has 0 radical (unpaired) electrons. The molecule has 0 aliphatic carbocycles. The van der Waals surface area contributed by atoms with Crippen molar-refractivity contribution in [3.05, 3.63) is 51.4 Å². The Hall–Kier alpha value is -2.63. The number of phenols is 1. The molecule has 0 aliphatic rings. The van der Waals surface area contributed by atoms with E-state index in [9.17, 15) is 15.2 Å². The van der Waals surface area contributed by atoms with Crippen molar-refractivity contribution >= 4 is 17.8 Å². The number of para-hydroxylation sites is 1. The molecule has 1 aromatic heterocycles. The van der Waals surface area contributed by atoms with E-state index in [0.29, 0.717) is 5.56 Å². The smallest absolute Gasteiger partial charge is 0.338 e. The minimum Gasteiger partial charge on any atom is -0.507 e. The molecular weight excluding hydrogens is 236 g/mol. The third-order valence-corrected chi connectivity index (χ3v) is 2.39. The summed E-state index contributed by atoms with van der Waals surface area (Å²) in [6, 6.07) is 6.65. The van der Waals surface area contributed by atoms with Gasteiger partial charge in [0.15, 0.2) is 5.69 Å². The van der Waals surface area contributed by atoms with Crippen LogP contribution in [0.4, 0.5) is 5.69 Å². The van der Waals surface area contributed by atoms with Crippen LogP contribution >= 0.6 is 0 Å². The lowest BCUT2D eigenvalue weighted by atomic mass is 10.1. The van der Waals surface area contributed by atoms with Gasteiger partial charge in [0.2, 0.25) is 5.76 Å². The number of phenolic OH excluding ortho intramolecular Hbond substituents is 1. The highest BCUT2D eigenvalue weighted by Crippen LogP contribution is 2.25. The summed E-state index contributed by atoms with van der Waals surface area (Å²) in [5, 5.41) is 23.9. The third-order valence-electron chi connectivity index (χ3n) is 2.39. The zero-order valence-corrected chi connectivity index (χ0v) is 9.53. The molecule has 1 heterocycles. The number of hydrogen-bond donors (Lipinski definition) is 1. The Bertz CT molecular complexity index is 616. The molecule has 2 rings (SSSR count). The van der Waals surface area contributed by atoms with Crippen LogP contribution < -0.4 is 0 Å². The Morgan fingerprint density at radius 3 is 2.78 bits per heavy atom. The van der Waals surface area contributed by atoms with Gasteiger partial charge in [-0.2, -0.15) is 0 Å². The summed E-state index contributed by atoms with van der Waals surface area (Å²) in [6.45, 7) is 1.50. The number of aryl methyl sites for hydroxylation is 1. The van der Waals surface area contributed by atoms with Crippen LogP contribution in [-0.4, -0.2) is 15.2 Å². The van der Waals surface area contributed by atoms with Crippen LogP contribution in [0.3, 0.4) is 0 Å². The molecule has 0 aliphatic heterocycles. The monoisotopic (exact) mass is 246 g/mol. The van der Waals surface area contributed by atoms with Gasteiger partial charge in [-0.15, -0.1) is 0 Å². The highest BCUT2D eigenvalue weighted by Gasteiger charge is 2.21. The van der Waals surface area contributed by atoms with Crippen molar-refractivity contribution in [3.63, 3.8) is 0 Å². The zero-order chi connectivity index (χ0) is 13.1. The van der Waals surface area contributed by atoms with E-state index in [0.717, 1.165) is 0 Å². The van der Waals surface area contributed by atoms with Crippen molar-refractivity contribution in [2.75, 3.05) is 0 Å². The van der Waals surface area contributed by atoms with Gasteiger partial charge in [0, 0.05) is 5.56 Å². The second-order valence-electron chi connectivity index (χ2n) is 3.63. The van der Waals surface area contributed by atoms with Crippen LogP contribution in [0.25, 0.3) is 12.2 Å². The number of hydrogen-bond acceptors (Lipinski definition) is 5. The molecule has 0 atom stereocenters. The van der Waals surface area contributed by atoms with E-state index in [4.69, 9.17) is 4.52 Å². The fourth-order valence-electron chi connectivity index (χ4n) is 1.51. The largest absolute Gasteiger partial charge is 0.507 e. The Kier molecular flexibility index (Phi) is 3.09. The number of aromatic hydroxyl groups is 1. The van der Waals surface area contributed by atoms with Crippen LogP contribution in [-0.2, 0) is 0 Å². The van der Waals surface area contributed by atoms with Crippen molar-refractivity contribution < 1.29 is 14.6 Å². The molecule has 92 valence electrons. The maximum Gasteiger partial charge on any atom is 0.338 e. The van der Waals surface area contributed by atoms with Crippen molar-refractivity contribution in [1.29, 1.82) is 0 Å². The van der Waals surface area contributed by atoms with Crippen LogP contribution in [0.2, 0.25) is 0 Å². The summed E-state index contributed by atoms with van der Waals surface area (Å²) < 4.78 is 4.86. The van der Waals surface area contributed by atoms with E-state index in [-0.39, 0.29) is 22.9 Å². The van der Waals surface area contributed by atoms with Gasteiger partial charge in [-0.3, -0.25) is 10.1 Å². The van der Waals surface area contributed by atoms with Gasteiger partial charge in [0.1, 0.15) is 5.75 Å². The summed E-state index contributed by atoms with van der Waals surface area (Å²) in [5.41, 5.74) is 0.597. The lowest BCUT2D eigenvalue weighted by Crippen LogP contribution is -1.90. The molecule has 18 heavy (non-hydrogen) atoms. The maximum atomic E-state index is 10.8. The summed E-state index contributed by atoms with van der Waals surface area (Å²) in [7, 11) is 0. The fraction of sp³-hybridized carbons (Fsp3) is 0.0833. The molecule has 1 N–H and O–H groups in total. The van der Waals surface area contributed by atoms with Crippen LogP contribution in [0.1, 0.15) is 17.0 Å². The van der Waals surface area contributed by atoms with Gasteiger partial charge in [0.25, 0.3) is 0 Å². The minimum atomic E-state index is -0.545. The first-order valence-corrected chi connectivity index (χ1v) is 5.16. The van der Waals surface area contributed by atoms with Gasteiger partial charge in [-0.25, -0.2) is 0 Å². The maximum absolute atomic E-state index is 10.8. The van der Waals surface area contributed by atoms with Gasteiger partial charge in [0.05, 0.1) is 4.92 Å². The van der Waals surface area contributed by atoms with Crippen molar-refractivity contribution in [3.8, 4) is 5.75 Å². The van der Waals surface area contributed by atoms with Crippen LogP contribution in [0.5, 0.6) is 5.75 Å². The second-order valence-corrected chi connectivity index (χ2v) is 3.63. The average Bonchev–Trinajstić information content (AvgIpc) is 2.69. The lowest BCUT2D eigenvalue weighted by Gasteiger charge is -1.95. The molecule has 0 spiro atoms. The first-order valence-electron chi connectivity index (χ1n) is 5.16. The highest BCUT2D eigenvalue weighted by molar-refractivity contribution is 5.73. The Morgan fingerprint density at radius 1 is 1.39 bits per heavy atom. The topological polar surface area (TPSA) is 89.4 Å². The third kappa shape index (κ3) is 2.22. The van der Waals surface area contributed by atoms with E-state index < -0.39 is 4.92 Å². The molecule has 0 saturated carbocycles. The number of nitrogens with zero attached hydrogens (tertiary/aromatic N) is 2. The summed E-state index contributed by atoms with van der Waals surface area (Å²) in [4.78, 5) is 10.3. The van der Waals surface area contributed by atoms with E-state index in [2.05, 4.69) is 5.16 Å². The highest BCUT2D eigenvalue weighted by atomic mass is 16.6. The molecule has 2 aromatic rings. The normalized spacial score (nSPS) is 10.9.